The van der Waals surface area contributed by atoms with Crippen LogP contribution in [0.2, 0.25) is 0 Å². The van der Waals surface area contributed by atoms with Crippen molar-refractivity contribution >= 4 is 23.0 Å². The summed E-state index contributed by atoms with van der Waals surface area (Å²) >= 11 is 0. The number of nitro benzene ring substituents is 2. The second-order valence-electron chi connectivity index (χ2n) is 5.09. The number of carbonyl (C=O) groups excluding carboxylic acids is 1. The lowest BCUT2D eigenvalue weighted by Crippen LogP contribution is -2.15. The molecule has 0 radical (unpaired) electrons. The highest BCUT2D eigenvalue weighted by Gasteiger charge is 2.25. The zero-order valence-electron chi connectivity index (χ0n) is 12.7. The number of hydrogen-bond acceptors (Lipinski definition) is 5. The van der Waals surface area contributed by atoms with Crippen LogP contribution < -0.4 is 5.32 Å². The number of nitrogens with zero attached hydrogens (tertiary/aromatic N) is 2. The summed E-state index contributed by atoms with van der Waals surface area (Å²) in [5, 5.41) is 24.2. The van der Waals surface area contributed by atoms with E-state index in [4.69, 9.17) is 0 Å². The summed E-state index contributed by atoms with van der Waals surface area (Å²) in [5.41, 5.74) is -0.892. The summed E-state index contributed by atoms with van der Waals surface area (Å²) in [6, 6.07) is 5.75. The van der Waals surface area contributed by atoms with Crippen molar-refractivity contribution in [2.45, 2.75) is 13.8 Å². The van der Waals surface area contributed by atoms with Crippen LogP contribution in [0.1, 0.15) is 21.5 Å². The van der Waals surface area contributed by atoms with E-state index in [1.807, 2.05) is 0 Å². The van der Waals surface area contributed by atoms with Gasteiger partial charge in [0.05, 0.1) is 27.2 Å². The quantitative estimate of drug-likeness (QED) is 0.679. The summed E-state index contributed by atoms with van der Waals surface area (Å²) in [4.78, 5) is 32.6. The fraction of sp³-hybridized carbons (Fsp3) is 0.133. The second kappa shape index (κ2) is 6.41. The van der Waals surface area contributed by atoms with Gasteiger partial charge in [0.25, 0.3) is 17.3 Å². The standard InChI is InChI=1S/C15H12FN3O5/c1-8-3-4-12(16)13(5-8)17-15(20)11-6-10(18(21)22)7-14(9(11)2)19(23)24/h3-7H,1-2H3,(H,17,20). The van der Waals surface area contributed by atoms with E-state index in [-0.39, 0.29) is 16.8 Å². The summed E-state index contributed by atoms with van der Waals surface area (Å²) < 4.78 is 13.7. The molecule has 24 heavy (non-hydrogen) atoms. The SMILES string of the molecule is Cc1ccc(F)c(NC(=O)c2cc([N+](=O)[O-])cc([N+](=O)[O-])c2C)c1. The molecule has 0 aromatic heterocycles. The van der Waals surface area contributed by atoms with E-state index in [1.165, 1.54) is 19.1 Å². The van der Waals surface area contributed by atoms with Gasteiger partial charge >= 0.3 is 0 Å². The first-order valence-corrected chi connectivity index (χ1v) is 6.71. The number of anilines is 1. The first-order chi connectivity index (χ1) is 11.2. The minimum absolute atomic E-state index is 0.0452. The van der Waals surface area contributed by atoms with Crippen LogP contribution in [0.3, 0.4) is 0 Å². The van der Waals surface area contributed by atoms with Gasteiger partial charge in [-0.1, -0.05) is 6.07 Å². The monoisotopic (exact) mass is 333 g/mol. The Hall–Kier alpha value is -3.36. The van der Waals surface area contributed by atoms with Crippen molar-refractivity contribution in [1.82, 2.24) is 0 Å². The summed E-state index contributed by atoms with van der Waals surface area (Å²) in [6.07, 6.45) is 0. The zero-order chi connectivity index (χ0) is 18.0. The van der Waals surface area contributed by atoms with Gasteiger partial charge in [0, 0.05) is 11.6 Å². The Kier molecular flexibility index (Phi) is 4.54. The Balaban J connectivity index is 2.50. The third-order valence-corrected chi connectivity index (χ3v) is 3.39. The largest absolute Gasteiger partial charge is 0.319 e. The highest BCUT2D eigenvalue weighted by molar-refractivity contribution is 6.06. The van der Waals surface area contributed by atoms with Crippen LogP contribution in [0.15, 0.2) is 30.3 Å². The lowest BCUT2D eigenvalue weighted by Gasteiger charge is -2.09. The van der Waals surface area contributed by atoms with Crippen molar-refractivity contribution in [3.8, 4) is 0 Å². The molecule has 2 aromatic rings. The molecule has 0 saturated carbocycles. The van der Waals surface area contributed by atoms with Crippen LogP contribution in [0.5, 0.6) is 0 Å². The van der Waals surface area contributed by atoms with Crippen molar-refractivity contribution in [3.63, 3.8) is 0 Å². The average molecular weight is 333 g/mol. The molecule has 0 bridgehead atoms. The zero-order valence-corrected chi connectivity index (χ0v) is 12.7. The highest BCUT2D eigenvalue weighted by atomic mass is 19.1. The first-order valence-electron chi connectivity index (χ1n) is 6.71. The minimum Gasteiger partial charge on any atom is -0.319 e. The van der Waals surface area contributed by atoms with Crippen molar-refractivity contribution in [3.05, 3.63) is 73.1 Å². The number of rotatable bonds is 4. The number of nitrogens with one attached hydrogen (secondary N) is 1. The molecular weight excluding hydrogens is 321 g/mol. The van der Waals surface area contributed by atoms with Gasteiger partial charge in [-0.2, -0.15) is 0 Å². The number of amides is 1. The molecule has 8 nitrogen and oxygen atoms in total. The van der Waals surface area contributed by atoms with Gasteiger partial charge in [0.1, 0.15) is 5.82 Å². The van der Waals surface area contributed by atoms with Gasteiger partial charge in [-0.05, 0) is 31.5 Å². The van der Waals surface area contributed by atoms with Gasteiger partial charge in [0.2, 0.25) is 0 Å². The fourth-order valence-electron chi connectivity index (χ4n) is 2.14. The lowest BCUT2D eigenvalue weighted by molar-refractivity contribution is -0.394. The molecule has 0 aliphatic rings. The van der Waals surface area contributed by atoms with Gasteiger partial charge in [-0.3, -0.25) is 25.0 Å². The first kappa shape index (κ1) is 17.0. The van der Waals surface area contributed by atoms with Crippen molar-refractivity contribution in [1.29, 1.82) is 0 Å². The van der Waals surface area contributed by atoms with Gasteiger partial charge < -0.3 is 5.32 Å². The summed E-state index contributed by atoms with van der Waals surface area (Å²) in [7, 11) is 0. The third kappa shape index (κ3) is 3.35. The molecule has 2 aromatic carbocycles. The van der Waals surface area contributed by atoms with E-state index in [2.05, 4.69) is 5.32 Å². The van der Waals surface area contributed by atoms with E-state index in [9.17, 15) is 29.4 Å². The predicted molar refractivity (Wildman–Crippen MR) is 83.6 cm³/mol. The van der Waals surface area contributed by atoms with Crippen LogP contribution >= 0.6 is 0 Å². The Morgan fingerprint density at radius 3 is 2.33 bits per heavy atom. The van der Waals surface area contributed by atoms with E-state index >= 15 is 0 Å². The van der Waals surface area contributed by atoms with E-state index in [1.54, 1.807) is 6.92 Å². The Labute approximate surface area is 135 Å². The molecule has 1 amide bonds. The molecule has 0 aliphatic carbocycles. The maximum atomic E-state index is 13.7. The maximum Gasteiger partial charge on any atom is 0.279 e. The van der Waals surface area contributed by atoms with Crippen molar-refractivity contribution < 1.29 is 19.0 Å². The molecular formula is C15H12FN3O5. The molecule has 9 heteroatoms. The Morgan fingerprint density at radius 1 is 1.08 bits per heavy atom. The molecule has 1 N–H and O–H groups in total. The van der Waals surface area contributed by atoms with E-state index < -0.39 is 32.9 Å². The molecule has 0 atom stereocenters. The fourth-order valence-corrected chi connectivity index (χ4v) is 2.14. The van der Waals surface area contributed by atoms with Crippen LogP contribution in [0.25, 0.3) is 0 Å². The molecule has 0 heterocycles. The van der Waals surface area contributed by atoms with Crippen molar-refractivity contribution in [2.75, 3.05) is 5.32 Å². The Morgan fingerprint density at radius 2 is 1.75 bits per heavy atom. The van der Waals surface area contributed by atoms with Crippen LogP contribution in [-0.4, -0.2) is 15.8 Å². The molecule has 2 rings (SSSR count). The lowest BCUT2D eigenvalue weighted by atomic mass is 10.0. The number of carbonyl (C=O) groups is 1. The molecule has 0 unspecified atom stereocenters. The summed E-state index contributed by atoms with van der Waals surface area (Å²) in [6.45, 7) is 2.99. The second-order valence-corrected chi connectivity index (χ2v) is 5.09. The molecule has 0 saturated heterocycles. The summed E-state index contributed by atoms with van der Waals surface area (Å²) in [5.74, 6) is -1.56. The number of aryl methyl sites for hydroxylation is 1. The topological polar surface area (TPSA) is 115 Å². The van der Waals surface area contributed by atoms with Crippen molar-refractivity contribution in [2.24, 2.45) is 0 Å². The van der Waals surface area contributed by atoms with E-state index in [0.717, 1.165) is 18.2 Å². The van der Waals surface area contributed by atoms with Crippen LogP contribution in [0.4, 0.5) is 21.5 Å². The number of hydrogen-bond donors (Lipinski definition) is 1. The third-order valence-electron chi connectivity index (χ3n) is 3.39. The van der Waals surface area contributed by atoms with Gasteiger partial charge in [-0.15, -0.1) is 0 Å². The number of non-ortho nitro benzene ring substituents is 1. The normalized spacial score (nSPS) is 10.3. The van der Waals surface area contributed by atoms with E-state index in [0.29, 0.717) is 5.56 Å². The minimum atomic E-state index is -0.871. The number of nitro groups is 2. The molecule has 124 valence electrons. The smallest absolute Gasteiger partial charge is 0.279 e. The van der Waals surface area contributed by atoms with Gasteiger partial charge in [-0.25, -0.2) is 4.39 Å². The predicted octanol–water partition coefficient (Wildman–Crippen LogP) is 3.51. The van der Waals surface area contributed by atoms with Gasteiger partial charge in [0.15, 0.2) is 0 Å². The number of benzene rings is 2. The molecule has 0 spiro atoms. The maximum absolute atomic E-state index is 13.7. The Bertz CT molecular complexity index is 866. The molecule has 0 fully saturated rings. The highest BCUT2D eigenvalue weighted by Crippen LogP contribution is 2.29. The van der Waals surface area contributed by atoms with Crippen LogP contribution in [-0.2, 0) is 0 Å². The number of halogens is 1. The van der Waals surface area contributed by atoms with Crippen LogP contribution in [0, 0.1) is 39.9 Å². The average Bonchev–Trinajstić information content (AvgIpc) is 2.50. The molecule has 0 aliphatic heterocycles.